The minimum atomic E-state index is -4.99. The van der Waals surface area contributed by atoms with Crippen molar-refractivity contribution in [3.05, 3.63) is 41.1 Å². The molecule has 1 aromatic carbocycles. The predicted octanol–water partition coefficient (Wildman–Crippen LogP) is 3.26. The summed E-state index contributed by atoms with van der Waals surface area (Å²) in [6.07, 6.45) is -3.10. The Kier molecular flexibility index (Phi) is 7.41. The van der Waals surface area contributed by atoms with Gasteiger partial charge in [0.15, 0.2) is 5.75 Å². The maximum absolute atomic E-state index is 13.1. The fourth-order valence-corrected chi connectivity index (χ4v) is 1.73. The third-order valence-electron chi connectivity index (χ3n) is 2.40. The molecule has 0 saturated carbocycles. The van der Waals surface area contributed by atoms with E-state index in [-0.39, 0.29) is 22.2 Å². The summed E-state index contributed by atoms with van der Waals surface area (Å²) < 4.78 is 85.5. The molecule has 0 saturated heterocycles. The largest absolute Gasteiger partial charge is 0.573 e. The normalized spacial score (nSPS) is 11.2. The third kappa shape index (κ3) is 8.59. The first-order chi connectivity index (χ1) is 12.3. The van der Waals surface area contributed by atoms with Crippen molar-refractivity contribution in [2.45, 2.75) is 6.36 Å². The van der Waals surface area contributed by atoms with Gasteiger partial charge in [0, 0.05) is 12.3 Å². The smallest absolute Gasteiger partial charge is 0.403 e. The van der Waals surface area contributed by atoms with E-state index >= 15 is 0 Å². The van der Waals surface area contributed by atoms with Crippen molar-refractivity contribution in [3.8, 4) is 5.75 Å². The first-order valence-electron chi connectivity index (χ1n) is 6.33. The Bertz CT molecular complexity index is 918. The highest BCUT2D eigenvalue weighted by Crippen LogP contribution is 2.33. The standard InChI is InChI=1S/C12H7ClF4N4O.H2O4S/c13-10-7(4-18)11(20-5-19-10)21-8-2-1-6(14)3-9(8)22-12(15,16)17;1-5(2,3)4/h1-5,18H,(H,19,20,21);(H2,1,2,3,4). The van der Waals surface area contributed by atoms with Crippen molar-refractivity contribution in [3.63, 3.8) is 0 Å². The number of nitrogens with zero attached hydrogens (tertiary/aromatic N) is 2. The van der Waals surface area contributed by atoms with Crippen molar-refractivity contribution < 1.29 is 39.8 Å². The van der Waals surface area contributed by atoms with E-state index in [0.29, 0.717) is 6.07 Å². The fraction of sp³-hybridized carbons (Fsp3) is 0.0833. The van der Waals surface area contributed by atoms with E-state index in [4.69, 9.17) is 34.5 Å². The summed E-state index contributed by atoms with van der Waals surface area (Å²) in [5.74, 6) is -1.70. The van der Waals surface area contributed by atoms with E-state index in [9.17, 15) is 17.6 Å². The Balaban J connectivity index is 0.000000646. The number of rotatable bonds is 4. The summed E-state index contributed by atoms with van der Waals surface area (Å²) >= 11 is 5.75. The van der Waals surface area contributed by atoms with Gasteiger partial charge < -0.3 is 15.5 Å². The number of aromatic nitrogens is 2. The van der Waals surface area contributed by atoms with Gasteiger partial charge >= 0.3 is 16.8 Å². The summed E-state index contributed by atoms with van der Waals surface area (Å²) in [4.78, 5) is 7.42. The van der Waals surface area contributed by atoms with Crippen LogP contribution in [0.4, 0.5) is 29.1 Å². The van der Waals surface area contributed by atoms with Crippen LogP contribution in [0.25, 0.3) is 0 Å². The minimum Gasteiger partial charge on any atom is -0.403 e. The van der Waals surface area contributed by atoms with Gasteiger partial charge in [0.1, 0.15) is 23.1 Å². The monoisotopic (exact) mass is 432 g/mol. The lowest BCUT2D eigenvalue weighted by Gasteiger charge is -2.15. The zero-order chi connectivity index (χ0) is 20.8. The second-order valence-corrected chi connectivity index (χ2v) is 5.59. The van der Waals surface area contributed by atoms with Gasteiger partial charge in [-0.05, 0) is 12.1 Å². The number of benzene rings is 1. The van der Waals surface area contributed by atoms with Gasteiger partial charge in [-0.1, -0.05) is 11.6 Å². The Morgan fingerprint density at radius 2 is 1.85 bits per heavy atom. The molecule has 0 aliphatic heterocycles. The molecule has 0 unspecified atom stereocenters. The Labute approximate surface area is 154 Å². The summed E-state index contributed by atoms with van der Waals surface area (Å²) in [7, 11) is -4.67. The quantitative estimate of drug-likeness (QED) is 0.249. The summed E-state index contributed by atoms with van der Waals surface area (Å²) in [6, 6.07) is 2.56. The van der Waals surface area contributed by atoms with Crippen molar-refractivity contribution in [2.24, 2.45) is 0 Å². The Hall–Kier alpha value is -2.55. The van der Waals surface area contributed by atoms with Crippen LogP contribution < -0.4 is 10.1 Å². The molecule has 0 fully saturated rings. The molecule has 0 bridgehead atoms. The molecule has 1 aromatic heterocycles. The van der Waals surface area contributed by atoms with Crippen molar-refractivity contribution in [1.82, 2.24) is 9.97 Å². The summed E-state index contributed by atoms with van der Waals surface area (Å²) in [6.45, 7) is 0. The molecule has 0 amide bonds. The third-order valence-corrected chi connectivity index (χ3v) is 2.70. The molecular weight excluding hydrogens is 424 g/mol. The molecule has 0 aliphatic carbocycles. The van der Waals surface area contributed by atoms with Crippen molar-refractivity contribution in [1.29, 1.82) is 5.41 Å². The zero-order valence-corrected chi connectivity index (χ0v) is 14.3. The zero-order valence-electron chi connectivity index (χ0n) is 12.7. The van der Waals surface area contributed by atoms with Crippen LogP contribution in [-0.4, -0.2) is 40.1 Å². The Morgan fingerprint density at radius 3 is 2.37 bits per heavy atom. The fourth-order valence-electron chi connectivity index (χ4n) is 1.54. The van der Waals surface area contributed by atoms with Crippen LogP contribution in [-0.2, 0) is 10.4 Å². The maximum Gasteiger partial charge on any atom is 0.573 e. The Morgan fingerprint density at radius 1 is 1.26 bits per heavy atom. The lowest BCUT2D eigenvalue weighted by atomic mass is 10.2. The average molecular weight is 433 g/mol. The van der Waals surface area contributed by atoms with Crippen LogP contribution in [0, 0.1) is 11.2 Å². The number of hydrogen-bond acceptors (Lipinski definition) is 7. The molecule has 9 nitrogen and oxygen atoms in total. The van der Waals surface area contributed by atoms with Gasteiger partial charge in [0.2, 0.25) is 0 Å². The molecule has 4 N–H and O–H groups in total. The lowest BCUT2D eigenvalue weighted by molar-refractivity contribution is -0.274. The highest BCUT2D eigenvalue weighted by Gasteiger charge is 2.32. The number of nitrogens with one attached hydrogen (secondary N) is 2. The highest BCUT2D eigenvalue weighted by molar-refractivity contribution is 7.79. The van der Waals surface area contributed by atoms with E-state index in [1.165, 1.54) is 0 Å². The molecule has 0 spiro atoms. The molecule has 2 rings (SSSR count). The molecule has 0 radical (unpaired) electrons. The second kappa shape index (κ2) is 8.90. The number of alkyl halides is 3. The molecule has 0 atom stereocenters. The van der Waals surface area contributed by atoms with Crippen LogP contribution in [0.15, 0.2) is 24.5 Å². The predicted molar refractivity (Wildman–Crippen MR) is 85.5 cm³/mol. The first kappa shape index (κ1) is 22.5. The SMILES string of the molecule is N=Cc1c(Cl)ncnc1Nc1ccc(F)cc1OC(F)(F)F.O=S(=O)(O)O. The molecule has 1 heterocycles. The minimum absolute atomic E-state index is 0.0198. The van der Waals surface area contributed by atoms with E-state index in [1.807, 2.05) is 0 Å². The maximum atomic E-state index is 13.1. The van der Waals surface area contributed by atoms with Crippen molar-refractivity contribution in [2.75, 3.05) is 5.32 Å². The van der Waals surface area contributed by atoms with Crippen LogP contribution in [0.3, 0.4) is 0 Å². The van der Waals surface area contributed by atoms with E-state index in [1.54, 1.807) is 0 Å². The molecule has 27 heavy (non-hydrogen) atoms. The van der Waals surface area contributed by atoms with Gasteiger partial charge in [-0.15, -0.1) is 13.2 Å². The van der Waals surface area contributed by atoms with Gasteiger partial charge in [-0.25, -0.2) is 14.4 Å². The van der Waals surface area contributed by atoms with E-state index in [0.717, 1.165) is 24.7 Å². The highest BCUT2D eigenvalue weighted by atomic mass is 35.5. The number of hydrogen-bond donors (Lipinski definition) is 4. The van der Waals surface area contributed by atoms with Gasteiger partial charge in [0.25, 0.3) is 0 Å². The molecule has 15 heteroatoms. The van der Waals surface area contributed by atoms with Gasteiger partial charge in [0.05, 0.1) is 11.3 Å². The van der Waals surface area contributed by atoms with Crippen LogP contribution in [0.5, 0.6) is 5.75 Å². The number of ether oxygens (including phenoxy) is 1. The molecule has 148 valence electrons. The summed E-state index contributed by atoms with van der Waals surface area (Å²) in [5.41, 5.74) is -0.136. The second-order valence-electron chi connectivity index (χ2n) is 4.33. The van der Waals surface area contributed by atoms with E-state index < -0.39 is 28.3 Å². The van der Waals surface area contributed by atoms with E-state index in [2.05, 4.69) is 20.0 Å². The van der Waals surface area contributed by atoms with Crippen molar-refractivity contribution >= 4 is 39.7 Å². The molecule has 2 aromatic rings. The average Bonchev–Trinajstić information content (AvgIpc) is 2.47. The number of halogens is 5. The molecular formula is C12H9ClF4N4O5S. The summed E-state index contributed by atoms with van der Waals surface area (Å²) in [5, 5.41) is 9.66. The van der Waals surface area contributed by atoms with Gasteiger partial charge in [-0.2, -0.15) is 8.42 Å². The van der Waals surface area contributed by atoms with Crippen LogP contribution in [0.2, 0.25) is 5.15 Å². The van der Waals surface area contributed by atoms with Gasteiger partial charge in [-0.3, -0.25) is 9.11 Å². The first-order valence-corrected chi connectivity index (χ1v) is 8.11. The molecule has 0 aliphatic rings. The topological polar surface area (TPSA) is 145 Å². The van der Waals surface area contributed by atoms with Crippen LogP contribution >= 0.6 is 11.6 Å². The lowest BCUT2D eigenvalue weighted by Crippen LogP contribution is -2.18. The number of anilines is 2. The van der Waals surface area contributed by atoms with Crippen LogP contribution in [0.1, 0.15) is 5.56 Å².